The Morgan fingerprint density at radius 2 is 1.94 bits per heavy atom. The molecule has 2 aliphatic heterocycles. The number of benzene rings is 1. The molecule has 2 aliphatic rings. The molecule has 0 unspecified atom stereocenters. The van der Waals surface area contributed by atoms with Crippen molar-refractivity contribution >= 4 is 50.6 Å². The van der Waals surface area contributed by atoms with Crippen molar-refractivity contribution in [1.29, 1.82) is 0 Å². The van der Waals surface area contributed by atoms with E-state index in [0.29, 0.717) is 44.0 Å². The number of amides is 1. The number of carbonyl (C=O) groups excluding carboxylic acids is 1. The number of rotatable bonds is 6. The van der Waals surface area contributed by atoms with Gasteiger partial charge in [0.25, 0.3) is 0 Å². The van der Waals surface area contributed by atoms with Crippen molar-refractivity contribution in [1.82, 2.24) is 29.7 Å². The van der Waals surface area contributed by atoms with Crippen molar-refractivity contribution in [2.24, 2.45) is 5.92 Å². The molecule has 0 spiro atoms. The molecule has 2 saturated heterocycles. The molecule has 1 atom stereocenters. The van der Waals surface area contributed by atoms with E-state index in [1.54, 1.807) is 0 Å². The fourth-order valence-corrected chi connectivity index (χ4v) is 5.92. The highest BCUT2D eigenvalue weighted by Gasteiger charge is 2.31. The molecule has 0 saturated carbocycles. The number of nitrogens with zero attached hydrogens (tertiary/aromatic N) is 5. The Balaban J connectivity index is 1.32. The minimum Gasteiger partial charge on any atom is -0.504 e. The molecule has 3 aromatic rings. The van der Waals surface area contributed by atoms with E-state index in [-0.39, 0.29) is 23.4 Å². The summed E-state index contributed by atoms with van der Waals surface area (Å²) in [6, 6.07) is 2.96. The number of aromatic nitrogens is 4. The second-order valence-corrected chi connectivity index (χ2v) is 10.6. The van der Waals surface area contributed by atoms with Crippen molar-refractivity contribution in [3.63, 3.8) is 0 Å². The Kier molecular flexibility index (Phi) is 6.54. The number of aromatic hydroxyl groups is 2. The highest BCUT2D eigenvalue weighted by molar-refractivity contribution is 9.10. The molecule has 180 valence electrons. The van der Waals surface area contributed by atoms with Gasteiger partial charge < -0.3 is 30.7 Å². The number of fused-ring (bicyclic) bond motifs is 1. The molecular weight excluding hydrogens is 522 g/mol. The Labute approximate surface area is 209 Å². The van der Waals surface area contributed by atoms with Gasteiger partial charge in [-0.25, -0.2) is 15.0 Å². The number of piperidine rings is 1. The Morgan fingerprint density at radius 3 is 2.65 bits per heavy atom. The maximum Gasteiger partial charge on any atom is 0.239 e. The third-order valence-electron chi connectivity index (χ3n) is 6.56. The molecule has 0 radical (unpaired) electrons. The van der Waals surface area contributed by atoms with Crippen LogP contribution in [0.5, 0.6) is 11.5 Å². The average Bonchev–Trinajstić information content (AvgIpc) is 3.13. The summed E-state index contributed by atoms with van der Waals surface area (Å²) in [5.41, 5.74) is 7.27. The largest absolute Gasteiger partial charge is 0.504 e. The fourth-order valence-electron chi connectivity index (χ4n) is 4.40. The van der Waals surface area contributed by atoms with Gasteiger partial charge >= 0.3 is 0 Å². The fraction of sp³-hybridized carbons (Fsp3) is 0.455. The van der Waals surface area contributed by atoms with Gasteiger partial charge in [-0.2, -0.15) is 0 Å². The molecule has 0 aliphatic carbocycles. The number of phenolic OH excluding ortho intramolecular Hbond substituents is 2. The van der Waals surface area contributed by atoms with Crippen molar-refractivity contribution in [2.45, 2.75) is 48.3 Å². The summed E-state index contributed by atoms with van der Waals surface area (Å²) in [5.74, 6) is 0.648. The summed E-state index contributed by atoms with van der Waals surface area (Å²) < 4.78 is 2.67. The summed E-state index contributed by atoms with van der Waals surface area (Å²) in [5, 5.41) is 23.6. The lowest BCUT2D eigenvalue weighted by atomic mass is 9.92. The van der Waals surface area contributed by atoms with Gasteiger partial charge in [0.15, 0.2) is 33.6 Å². The first-order valence-electron chi connectivity index (χ1n) is 11.3. The van der Waals surface area contributed by atoms with Crippen molar-refractivity contribution in [3.05, 3.63) is 22.9 Å². The maximum absolute atomic E-state index is 12.5. The van der Waals surface area contributed by atoms with Gasteiger partial charge in [-0.15, -0.1) is 0 Å². The number of likely N-dealkylation sites (tertiary alicyclic amines) is 1. The number of nitrogens with one attached hydrogen (secondary N) is 1. The standard InChI is InChI=1S/C22H26BrN7O3S/c23-13-9-15(31)16(32)10-17(13)34-22-28-18-19(24)26-11-27-20(18)30(22)8-4-12-2-6-29(7-3-12)21(33)14-1-5-25-14/h9-12,14,25,31-32H,1-8H2,(H2,24,26,27)/t14-/m0/s1. The normalized spacial score (nSPS) is 18.9. The van der Waals surface area contributed by atoms with E-state index < -0.39 is 0 Å². The SMILES string of the molecule is Nc1ncnc2c1nc(Sc1cc(O)c(O)cc1Br)n2CCC1CCN(C(=O)[C@@H]2CCN2)CC1. The van der Waals surface area contributed by atoms with Crippen LogP contribution < -0.4 is 11.1 Å². The zero-order chi connectivity index (χ0) is 23.8. The minimum atomic E-state index is -0.203. The van der Waals surface area contributed by atoms with Crippen LogP contribution in [0, 0.1) is 5.92 Å². The lowest BCUT2D eigenvalue weighted by Gasteiger charge is -2.37. The molecule has 12 heteroatoms. The second kappa shape index (κ2) is 9.59. The van der Waals surface area contributed by atoms with E-state index in [2.05, 4.69) is 36.2 Å². The molecule has 5 rings (SSSR count). The second-order valence-electron chi connectivity index (χ2n) is 8.70. The molecule has 1 amide bonds. The summed E-state index contributed by atoms with van der Waals surface area (Å²) in [6.45, 7) is 3.21. The van der Waals surface area contributed by atoms with Crippen LogP contribution in [0.15, 0.2) is 33.0 Å². The highest BCUT2D eigenvalue weighted by Crippen LogP contribution is 2.40. The van der Waals surface area contributed by atoms with Crippen LogP contribution in [-0.2, 0) is 11.3 Å². The van der Waals surface area contributed by atoms with Gasteiger partial charge in [-0.05, 0) is 66.2 Å². The van der Waals surface area contributed by atoms with Gasteiger partial charge in [-0.1, -0.05) is 11.8 Å². The van der Waals surface area contributed by atoms with Crippen LogP contribution in [0.2, 0.25) is 0 Å². The molecule has 2 fully saturated rings. The highest BCUT2D eigenvalue weighted by atomic mass is 79.9. The van der Waals surface area contributed by atoms with Crippen LogP contribution in [0.3, 0.4) is 0 Å². The van der Waals surface area contributed by atoms with E-state index in [1.165, 1.54) is 30.2 Å². The zero-order valence-corrected chi connectivity index (χ0v) is 20.8. The lowest BCUT2D eigenvalue weighted by molar-refractivity contribution is -0.136. The van der Waals surface area contributed by atoms with Crippen LogP contribution in [-0.4, -0.2) is 66.2 Å². The monoisotopic (exact) mass is 547 g/mol. The molecule has 2 aromatic heterocycles. The topological polar surface area (TPSA) is 142 Å². The smallest absolute Gasteiger partial charge is 0.239 e. The van der Waals surface area contributed by atoms with Gasteiger partial charge in [0, 0.05) is 29.0 Å². The van der Waals surface area contributed by atoms with E-state index in [4.69, 9.17) is 5.73 Å². The number of hydrogen-bond donors (Lipinski definition) is 4. The summed E-state index contributed by atoms with van der Waals surface area (Å²) in [6.07, 6.45) is 5.25. The predicted octanol–water partition coefficient (Wildman–Crippen LogP) is 2.72. The molecule has 4 heterocycles. The average molecular weight is 548 g/mol. The third-order valence-corrected chi connectivity index (χ3v) is 8.54. The Hall–Kier alpha value is -2.57. The number of halogens is 1. The number of nitrogens with two attached hydrogens (primary N) is 1. The van der Waals surface area contributed by atoms with Gasteiger partial charge in [-0.3, -0.25) is 4.79 Å². The number of imidazole rings is 1. The molecule has 1 aromatic carbocycles. The first-order chi connectivity index (χ1) is 16.4. The first-order valence-corrected chi connectivity index (χ1v) is 12.9. The molecule has 34 heavy (non-hydrogen) atoms. The van der Waals surface area contributed by atoms with Crippen molar-refractivity contribution < 1.29 is 15.0 Å². The van der Waals surface area contributed by atoms with E-state index >= 15 is 0 Å². The number of carbonyl (C=O) groups is 1. The molecule has 10 nitrogen and oxygen atoms in total. The number of anilines is 1. The molecule has 5 N–H and O–H groups in total. The number of aryl methyl sites for hydroxylation is 1. The van der Waals surface area contributed by atoms with E-state index in [1.807, 2.05) is 9.47 Å². The van der Waals surface area contributed by atoms with Crippen LogP contribution in [0.1, 0.15) is 25.7 Å². The van der Waals surface area contributed by atoms with Crippen molar-refractivity contribution in [3.8, 4) is 11.5 Å². The predicted molar refractivity (Wildman–Crippen MR) is 132 cm³/mol. The number of nitrogen functional groups attached to an aromatic ring is 1. The Morgan fingerprint density at radius 1 is 1.21 bits per heavy atom. The van der Waals surface area contributed by atoms with Gasteiger partial charge in [0.05, 0.1) is 6.04 Å². The van der Waals surface area contributed by atoms with E-state index in [9.17, 15) is 15.0 Å². The van der Waals surface area contributed by atoms with Crippen LogP contribution >= 0.6 is 27.7 Å². The Bertz CT molecular complexity index is 1220. The number of phenols is 2. The van der Waals surface area contributed by atoms with E-state index in [0.717, 1.165) is 45.3 Å². The van der Waals surface area contributed by atoms with Crippen LogP contribution in [0.4, 0.5) is 5.82 Å². The summed E-state index contributed by atoms with van der Waals surface area (Å²) >= 11 is 4.79. The molecular formula is C22H26BrN7O3S. The quantitative estimate of drug-likeness (QED) is 0.342. The third kappa shape index (κ3) is 4.53. The van der Waals surface area contributed by atoms with Crippen molar-refractivity contribution in [2.75, 3.05) is 25.4 Å². The lowest BCUT2D eigenvalue weighted by Crippen LogP contribution is -2.55. The number of hydrogen-bond acceptors (Lipinski definition) is 9. The van der Waals surface area contributed by atoms with Crippen LogP contribution in [0.25, 0.3) is 11.2 Å². The molecule has 0 bridgehead atoms. The minimum absolute atomic E-state index is 0.0113. The summed E-state index contributed by atoms with van der Waals surface area (Å²) in [7, 11) is 0. The summed E-state index contributed by atoms with van der Waals surface area (Å²) in [4.78, 5) is 28.4. The van der Waals surface area contributed by atoms with Gasteiger partial charge in [0.1, 0.15) is 6.33 Å². The first kappa shape index (κ1) is 23.2. The zero-order valence-electron chi connectivity index (χ0n) is 18.4. The maximum atomic E-state index is 12.5. The van der Waals surface area contributed by atoms with Gasteiger partial charge in [0.2, 0.25) is 5.91 Å².